The van der Waals surface area contributed by atoms with Gasteiger partial charge in [0.15, 0.2) is 0 Å². The van der Waals surface area contributed by atoms with E-state index in [1.807, 2.05) is 24.3 Å². The van der Waals surface area contributed by atoms with Crippen molar-refractivity contribution in [3.63, 3.8) is 0 Å². The van der Waals surface area contributed by atoms with E-state index in [-0.39, 0.29) is 51.4 Å². The second-order valence-electron chi connectivity index (χ2n) is 2.02. The summed E-state index contributed by atoms with van der Waals surface area (Å²) in [6.45, 7) is 4.37. The van der Waals surface area contributed by atoms with Gasteiger partial charge in [0.2, 0.25) is 0 Å². The van der Waals surface area contributed by atoms with Gasteiger partial charge in [0.05, 0.1) is 0 Å². The zero-order valence-corrected chi connectivity index (χ0v) is 9.42. The van der Waals surface area contributed by atoms with E-state index in [1.54, 1.807) is 0 Å². The van der Waals surface area contributed by atoms with Gasteiger partial charge >= 0.3 is 51.4 Å². The molecule has 10 heavy (non-hydrogen) atoms. The van der Waals surface area contributed by atoms with Gasteiger partial charge in [-0.05, 0) is 0 Å². The third-order valence-corrected chi connectivity index (χ3v) is 1.23. The Morgan fingerprint density at radius 2 is 2.10 bits per heavy atom. The molecule has 1 aromatic carbocycles. The number of benzene rings is 1. The van der Waals surface area contributed by atoms with Gasteiger partial charge in [-0.15, -0.1) is 6.07 Å². The van der Waals surface area contributed by atoms with E-state index in [0.29, 0.717) is 6.54 Å². The molecule has 0 aliphatic rings. The second kappa shape index (κ2) is 5.35. The molecule has 1 nitrogen and oxygen atoms in total. The van der Waals surface area contributed by atoms with Crippen LogP contribution in [0.1, 0.15) is 11.1 Å². The Morgan fingerprint density at radius 3 is 2.50 bits per heavy atom. The fourth-order valence-electron chi connectivity index (χ4n) is 0.757. The van der Waals surface area contributed by atoms with Crippen LogP contribution >= 0.6 is 0 Å². The quantitative estimate of drug-likeness (QED) is 0.385. The van der Waals surface area contributed by atoms with Crippen molar-refractivity contribution in [3.8, 4) is 0 Å². The minimum atomic E-state index is 0. The van der Waals surface area contributed by atoms with Gasteiger partial charge in [-0.25, -0.2) is 0 Å². The number of nitrogens with two attached hydrogens (primary N) is 1. The molecule has 48 valence electrons. The first-order chi connectivity index (χ1) is 4.33. The van der Waals surface area contributed by atoms with E-state index < -0.39 is 0 Å². The standard InChI is InChI=1S/C8H10N.K/c1-7-3-2-4-8(5-7)6-9;/h2-5H,1,6,9H2;/q-1;+1. The summed E-state index contributed by atoms with van der Waals surface area (Å²) in [6.07, 6.45) is 0. The summed E-state index contributed by atoms with van der Waals surface area (Å²) in [6, 6.07) is 7.90. The molecule has 0 saturated heterocycles. The van der Waals surface area contributed by atoms with Gasteiger partial charge in [-0.2, -0.15) is 24.6 Å². The van der Waals surface area contributed by atoms with Crippen molar-refractivity contribution in [1.82, 2.24) is 0 Å². The maximum Gasteiger partial charge on any atom is 1.00 e. The Bertz CT molecular complexity index is 198. The molecular weight excluding hydrogens is 149 g/mol. The first-order valence-corrected chi connectivity index (χ1v) is 2.94. The fraction of sp³-hybridized carbons (Fsp3) is 0.125. The van der Waals surface area contributed by atoms with Crippen LogP contribution in [0, 0.1) is 6.92 Å². The second-order valence-corrected chi connectivity index (χ2v) is 2.02. The molecule has 0 radical (unpaired) electrons. The molecule has 2 heteroatoms. The predicted molar refractivity (Wildman–Crippen MR) is 38.8 cm³/mol. The van der Waals surface area contributed by atoms with Crippen molar-refractivity contribution in [1.29, 1.82) is 0 Å². The monoisotopic (exact) mass is 159 g/mol. The van der Waals surface area contributed by atoms with E-state index in [4.69, 9.17) is 5.73 Å². The SMILES string of the molecule is [CH2-]c1cccc(CN)c1.[K+]. The minimum absolute atomic E-state index is 0. The molecule has 2 N–H and O–H groups in total. The van der Waals surface area contributed by atoms with Crippen molar-refractivity contribution in [2.24, 2.45) is 5.73 Å². The first kappa shape index (κ1) is 10.7. The van der Waals surface area contributed by atoms with Crippen LogP contribution in [0.15, 0.2) is 24.3 Å². The summed E-state index contributed by atoms with van der Waals surface area (Å²) in [4.78, 5) is 0. The van der Waals surface area contributed by atoms with Gasteiger partial charge < -0.3 is 5.73 Å². The number of hydrogen-bond acceptors (Lipinski definition) is 1. The van der Waals surface area contributed by atoms with Crippen molar-refractivity contribution in [3.05, 3.63) is 42.3 Å². The Balaban J connectivity index is 0.000000810. The van der Waals surface area contributed by atoms with E-state index in [2.05, 4.69) is 6.92 Å². The predicted octanol–water partition coefficient (Wildman–Crippen LogP) is -1.67. The topological polar surface area (TPSA) is 26.0 Å². The summed E-state index contributed by atoms with van der Waals surface area (Å²) in [5.41, 5.74) is 7.56. The summed E-state index contributed by atoms with van der Waals surface area (Å²) >= 11 is 0. The maximum atomic E-state index is 5.39. The smallest absolute Gasteiger partial charge is 0.327 e. The van der Waals surface area contributed by atoms with Gasteiger partial charge in [0.25, 0.3) is 0 Å². The molecular formula is C8H10KN. The van der Waals surface area contributed by atoms with Crippen LogP contribution < -0.4 is 57.1 Å². The van der Waals surface area contributed by atoms with E-state index in [9.17, 15) is 0 Å². The average molecular weight is 159 g/mol. The fourth-order valence-corrected chi connectivity index (χ4v) is 0.757. The summed E-state index contributed by atoms with van der Waals surface area (Å²) < 4.78 is 0. The molecule has 0 amide bonds. The molecule has 0 aliphatic heterocycles. The first-order valence-electron chi connectivity index (χ1n) is 2.94. The third-order valence-electron chi connectivity index (χ3n) is 1.23. The van der Waals surface area contributed by atoms with Gasteiger partial charge in [0, 0.05) is 6.54 Å². The van der Waals surface area contributed by atoms with E-state index in [1.165, 1.54) is 0 Å². The third kappa shape index (κ3) is 3.19. The average Bonchev–Trinajstić information content (AvgIpc) is 1.88. The normalized spacial score (nSPS) is 8.50. The van der Waals surface area contributed by atoms with E-state index in [0.717, 1.165) is 11.1 Å². The van der Waals surface area contributed by atoms with Crippen LogP contribution in [0.3, 0.4) is 0 Å². The van der Waals surface area contributed by atoms with Crippen LogP contribution in [0.2, 0.25) is 0 Å². The van der Waals surface area contributed by atoms with Crippen LogP contribution in [0.25, 0.3) is 0 Å². The molecule has 1 aromatic rings. The summed E-state index contributed by atoms with van der Waals surface area (Å²) in [7, 11) is 0. The summed E-state index contributed by atoms with van der Waals surface area (Å²) in [5, 5.41) is 0. The zero-order valence-electron chi connectivity index (χ0n) is 6.30. The largest absolute Gasteiger partial charge is 1.00 e. The van der Waals surface area contributed by atoms with Crippen LogP contribution in [-0.4, -0.2) is 0 Å². The Morgan fingerprint density at radius 1 is 1.40 bits per heavy atom. The molecule has 0 saturated carbocycles. The minimum Gasteiger partial charge on any atom is -0.327 e. The van der Waals surface area contributed by atoms with E-state index >= 15 is 0 Å². The zero-order chi connectivity index (χ0) is 6.69. The molecule has 0 aliphatic carbocycles. The molecule has 0 unspecified atom stereocenters. The summed E-state index contributed by atoms with van der Waals surface area (Å²) in [5.74, 6) is 0. The molecule has 0 heterocycles. The molecule has 0 atom stereocenters. The van der Waals surface area contributed by atoms with Crippen molar-refractivity contribution in [2.45, 2.75) is 6.54 Å². The van der Waals surface area contributed by atoms with Gasteiger partial charge in [0.1, 0.15) is 0 Å². The number of hydrogen-bond donors (Lipinski definition) is 1. The Hall–Kier alpha value is 0.686. The molecule has 0 aromatic heterocycles. The van der Waals surface area contributed by atoms with Crippen LogP contribution in [-0.2, 0) is 6.54 Å². The van der Waals surface area contributed by atoms with Crippen LogP contribution in [0.4, 0.5) is 0 Å². The van der Waals surface area contributed by atoms with Gasteiger partial charge in [-0.1, -0.05) is 11.6 Å². The number of rotatable bonds is 1. The maximum absolute atomic E-state index is 5.39. The molecule has 0 bridgehead atoms. The molecule has 1 rings (SSSR count). The van der Waals surface area contributed by atoms with Crippen LogP contribution in [0.5, 0.6) is 0 Å². The molecule has 0 spiro atoms. The van der Waals surface area contributed by atoms with Gasteiger partial charge in [-0.3, -0.25) is 0 Å². The van der Waals surface area contributed by atoms with Crippen molar-refractivity contribution < 1.29 is 51.4 Å². The molecule has 0 fully saturated rings. The Labute approximate surface area is 104 Å². The van der Waals surface area contributed by atoms with Crippen molar-refractivity contribution in [2.75, 3.05) is 0 Å². The van der Waals surface area contributed by atoms with Crippen molar-refractivity contribution >= 4 is 0 Å². The Kier molecular flexibility index (Phi) is 5.72.